The van der Waals surface area contributed by atoms with E-state index in [9.17, 15) is 19.2 Å². The van der Waals surface area contributed by atoms with Crippen molar-refractivity contribution < 1.29 is 23.9 Å². The summed E-state index contributed by atoms with van der Waals surface area (Å²) in [6.45, 7) is 4.25. The molecule has 1 rings (SSSR count). The summed E-state index contributed by atoms with van der Waals surface area (Å²) in [6, 6.07) is 4.64. The van der Waals surface area contributed by atoms with Crippen molar-refractivity contribution >= 4 is 29.5 Å². The van der Waals surface area contributed by atoms with E-state index in [1.807, 2.05) is 0 Å². The van der Waals surface area contributed by atoms with Gasteiger partial charge in [-0.3, -0.25) is 14.4 Å². The number of nitrogens with one attached hydrogen (secondary N) is 3. The van der Waals surface area contributed by atoms with E-state index in [1.54, 1.807) is 24.3 Å². The van der Waals surface area contributed by atoms with E-state index in [0.29, 0.717) is 12.2 Å². The number of carbonyl (C=O) groups excluding carboxylic acids is 4. The van der Waals surface area contributed by atoms with E-state index < -0.39 is 35.9 Å². The van der Waals surface area contributed by atoms with Crippen LogP contribution < -0.4 is 27.4 Å². The number of unbranched alkanes of at least 4 members (excludes halogenated alkanes) is 3. The van der Waals surface area contributed by atoms with E-state index in [1.165, 1.54) is 6.92 Å². The Balaban J connectivity index is 2.52. The second-order valence-corrected chi connectivity index (χ2v) is 7.27. The molecule has 2 unspecified atom stereocenters. The van der Waals surface area contributed by atoms with Gasteiger partial charge in [0.2, 0.25) is 17.7 Å². The van der Waals surface area contributed by atoms with Crippen LogP contribution in [-0.4, -0.2) is 42.4 Å². The van der Waals surface area contributed by atoms with Gasteiger partial charge in [0.15, 0.2) is 0 Å². The summed E-state index contributed by atoms with van der Waals surface area (Å²) in [7, 11) is 0. The maximum atomic E-state index is 12.4. The quantitative estimate of drug-likeness (QED) is 0.291. The van der Waals surface area contributed by atoms with Gasteiger partial charge in [-0.25, -0.2) is 4.79 Å². The lowest BCUT2D eigenvalue weighted by atomic mass is 10.1. The molecule has 1 aromatic rings. The number of ether oxygens (including phenoxy) is 1. The normalized spacial score (nSPS) is 12.4. The molecule has 2 atom stereocenters. The average Bonchev–Trinajstić information content (AvgIpc) is 2.72. The highest BCUT2D eigenvalue weighted by atomic mass is 16.5. The highest BCUT2D eigenvalue weighted by Crippen LogP contribution is 2.11. The molecule has 1 aromatic carbocycles. The zero-order valence-corrected chi connectivity index (χ0v) is 18.1. The molecule has 0 saturated heterocycles. The van der Waals surface area contributed by atoms with Gasteiger partial charge in [-0.1, -0.05) is 38.3 Å². The number of amides is 4. The van der Waals surface area contributed by atoms with E-state index in [0.717, 1.165) is 31.2 Å². The molecule has 7 N–H and O–H groups in total. The number of carbonyl (C=O) groups is 4. The Morgan fingerprint density at radius 1 is 1.03 bits per heavy atom. The molecule has 10 nitrogen and oxygen atoms in total. The molecule has 0 aliphatic rings. The van der Waals surface area contributed by atoms with Crippen molar-refractivity contribution in [3.8, 4) is 0 Å². The van der Waals surface area contributed by atoms with Gasteiger partial charge in [-0.2, -0.15) is 0 Å². The number of nitrogens with two attached hydrogens (primary N) is 2. The second kappa shape index (κ2) is 14.0. The Morgan fingerprint density at radius 3 is 2.29 bits per heavy atom. The summed E-state index contributed by atoms with van der Waals surface area (Å²) < 4.78 is 5.16. The predicted molar refractivity (Wildman–Crippen MR) is 117 cm³/mol. The molecule has 0 heterocycles. The first kappa shape index (κ1) is 25.9. The monoisotopic (exact) mass is 435 g/mol. The fourth-order valence-electron chi connectivity index (χ4n) is 2.57. The van der Waals surface area contributed by atoms with E-state index in [-0.39, 0.29) is 13.0 Å². The summed E-state index contributed by atoms with van der Waals surface area (Å²) in [6.07, 6.45) is 3.42. The van der Waals surface area contributed by atoms with Crippen LogP contribution >= 0.6 is 0 Å². The van der Waals surface area contributed by atoms with Crippen LogP contribution in [-0.2, 0) is 25.7 Å². The van der Waals surface area contributed by atoms with Crippen LogP contribution in [0.4, 0.5) is 10.5 Å². The number of alkyl carbamates (subject to hydrolysis) is 1. The molecular weight excluding hydrogens is 402 g/mol. The molecule has 0 saturated carbocycles. The van der Waals surface area contributed by atoms with Crippen molar-refractivity contribution in [3.05, 3.63) is 29.8 Å². The SMILES string of the molecule is CCCCCCNC(=O)OCc1ccc(NC(=O)C(CC(N)=O)NC(=O)C(C)N)cc1. The lowest BCUT2D eigenvalue weighted by Crippen LogP contribution is -2.50. The standard InChI is InChI=1S/C21H33N5O5/c1-3-4-5-6-11-24-21(30)31-13-15-7-9-16(10-8-15)25-20(29)17(12-18(23)27)26-19(28)14(2)22/h7-10,14,17H,3-6,11-13,22H2,1-2H3,(H2,23,27)(H,24,30)(H,25,29)(H,26,28). The second-order valence-electron chi connectivity index (χ2n) is 7.27. The Morgan fingerprint density at radius 2 is 1.71 bits per heavy atom. The van der Waals surface area contributed by atoms with E-state index in [2.05, 4.69) is 22.9 Å². The maximum Gasteiger partial charge on any atom is 0.407 e. The van der Waals surface area contributed by atoms with Crippen LogP contribution in [0.3, 0.4) is 0 Å². The van der Waals surface area contributed by atoms with Gasteiger partial charge in [0.25, 0.3) is 0 Å². The van der Waals surface area contributed by atoms with Crippen LogP contribution in [0.15, 0.2) is 24.3 Å². The van der Waals surface area contributed by atoms with Gasteiger partial charge >= 0.3 is 6.09 Å². The third-order valence-corrected chi connectivity index (χ3v) is 4.34. The predicted octanol–water partition coefficient (Wildman–Crippen LogP) is 1.14. The Labute approximate surface area is 182 Å². The number of hydrogen-bond acceptors (Lipinski definition) is 6. The molecular formula is C21H33N5O5. The zero-order chi connectivity index (χ0) is 23.2. The molecule has 31 heavy (non-hydrogen) atoms. The van der Waals surface area contributed by atoms with Crippen LogP contribution in [0, 0.1) is 0 Å². The Bertz CT molecular complexity index is 736. The van der Waals surface area contributed by atoms with Gasteiger partial charge in [-0.05, 0) is 31.0 Å². The third-order valence-electron chi connectivity index (χ3n) is 4.34. The fraction of sp³-hybridized carbons (Fsp3) is 0.524. The number of rotatable bonds is 13. The van der Waals surface area contributed by atoms with Gasteiger partial charge < -0.3 is 32.2 Å². The van der Waals surface area contributed by atoms with Crippen LogP contribution in [0.5, 0.6) is 0 Å². The fourth-order valence-corrected chi connectivity index (χ4v) is 2.57. The molecule has 172 valence electrons. The first-order valence-corrected chi connectivity index (χ1v) is 10.4. The number of primary amides is 1. The van der Waals surface area contributed by atoms with Gasteiger partial charge in [0.05, 0.1) is 12.5 Å². The van der Waals surface area contributed by atoms with E-state index >= 15 is 0 Å². The molecule has 0 aliphatic heterocycles. The minimum absolute atomic E-state index is 0.0871. The highest BCUT2D eigenvalue weighted by Gasteiger charge is 2.24. The Kier molecular flexibility index (Phi) is 11.7. The van der Waals surface area contributed by atoms with Crippen LogP contribution in [0.2, 0.25) is 0 Å². The minimum Gasteiger partial charge on any atom is -0.445 e. The lowest BCUT2D eigenvalue weighted by molar-refractivity contribution is -0.129. The zero-order valence-electron chi connectivity index (χ0n) is 18.1. The first-order chi connectivity index (χ1) is 14.7. The molecule has 10 heteroatoms. The van der Waals surface area contributed by atoms with Crippen molar-refractivity contribution in [2.75, 3.05) is 11.9 Å². The smallest absolute Gasteiger partial charge is 0.407 e. The molecule has 0 aliphatic carbocycles. The summed E-state index contributed by atoms with van der Waals surface area (Å²) in [5.41, 5.74) is 11.8. The number of hydrogen-bond donors (Lipinski definition) is 5. The molecule has 0 bridgehead atoms. The average molecular weight is 436 g/mol. The lowest BCUT2D eigenvalue weighted by Gasteiger charge is -2.18. The largest absolute Gasteiger partial charge is 0.445 e. The third kappa shape index (κ3) is 11.0. The van der Waals surface area contributed by atoms with Gasteiger partial charge in [0, 0.05) is 12.2 Å². The van der Waals surface area contributed by atoms with Crippen molar-refractivity contribution in [2.45, 2.75) is 64.6 Å². The molecule has 0 aromatic heterocycles. The number of benzene rings is 1. The van der Waals surface area contributed by atoms with Crippen molar-refractivity contribution in [3.63, 3.8) is 0 Å². The highest BCUT2D eigenvalue weighted by molar-refractivity contribution is 6.00. The number of anilines is 1. The molecule has 0 fully saturated rings. The molecule has 4 amide bonds. The Hall–Kier alpha value is -3.14. The topological polar surface area (TPSA) is 166 Å². The molecule has 0 radical (unpaired) electrons. The van der Waals surface area contributed by atoms with Crippen molar-refractivity contribution in [1.82, 2.24) is 10.6 Å². The minimum atomic E-state index is -1.14. The summed E-state index contributed by atoms with van der Waals surface area (Å²) in [5, 5.41) is 7.71. The van der Waals surface area contributed by atoms with Crippen LogP contribution in [0.1, 0.15) is 51.5 Å². The van der Waals surface area contributed by atoms with Crippen molar-refractivity contribution in [1.29, 1.82) is 0 Å². The van der Waals surface area contributed by atoms with Crippen molar-refractivity contribution in [2.24, 2.45) is 11.5 Å². The maximum absolute atomic E-state index is 12.4. The van der Waals surface area contributed by atoms with E-state index in [4.69, 9.17) is 16.2 Å². The summed E-state index contributed by atoms with van der Waals surface area (Å²) >= 11 is 0. The summed E-state index contributed by atoms with van der Waals surface area (Å²) in [5.74, 6) is -1.90. The first-order valence-electron chi connectivity index (χ1n) is 10.4. The van der Waals surface area contributed by atoms with Gasteiger partial charge in [-0.15, -0.1) is 0 Å². The molecule has 0 spiro atoms. The van der Waals surface area contributed by atoms with Gasteiger partial charge in [0.1, 0.15) is 12.6 Å². The van der Waals surface area contributed by atoms with Crippen LogP contribution in [0.25, 0.3) is 0 Å². The summed E-state index contributed by atoms with van der Waals surface area (Å²) in [4.78, 5) is 47.1.